The van der Waals surface area contributed by atoms with Crippen LogP contribution in [-0.2, 0) is 4.79 Å². The fraction of sp³-hybridized carbons (Fsp3) is 0.364. The molecule has 0 aliphatic carbocycles. The summed E-state index contributed by atoms with van der Waals surface area (Å²) in [5.74, 6) is 1.14. The van der Waals surface area contributed by atoms with Crippen molar-refractivity contribution in [3.8, 4) is 5.75 Å². The van der Waals surface area contributed by atoms with Crippen molar-refractivity contribution in [3.63, 3.8) is 0 Å². The molecule has 6 heteroatoms. The predicted octanol–water partition coefficient (Wildman–Crippen LogP) is 4.62. The number of ether oxygens (including phenoxy) is 1. The van der Waals surface area contributed by atoms with E-state index < -0.39 is 0 Å². The first-order valence-electron chi connectivity index (χ1n) is 9.62. The highest BCUT2D eigenvalue weighted by atomic mass is 35.5. The van der Waals surface area contributed by atoms with Crippen LogP contribution in [0.25, 0.3) is 11.0 Å². The molecule has 1 saturated heterocycles. The van der Waals surface area contributed by atoms with Gasteiger partial charge in [-0.3, -0.25) is 9.78 Å². The Labute approximate surface area is 169 Å². The lowest BCUT2D eigenvalue weighted by atomic mass is 9.90. The standard InChI is InChI=1S/C22H24ClN3O2/c1-14-10-17(11-15(2)21(14)23)28-13-20(27)26-8-5-16(6-9-26)18-12-25-19-4-3-7-24-22(18)19/h3-4,7,10-12,16,25H,5-6,8-9,13H2,1-2H3. The number of aryl methyl sites for hydroxylation is 2. The van der Waals surface area contributed by atoms with Crippen LogP contribution in [-0.4, -0.2) is 40.5 Å². The molecule has 3 aromatic rings. The van der Waals surface area contributed by atoms with Crippen molar-refractivity contribution < 1.29 is 9.53 Å². The third-order valence-electron chi connectivity index (χ3n) is 5.52. The molecule has 1 fully saturated rings. The predicted molar refractivity (Wildman–Crippen MR) is 111 cm³/mol. The van der Waals surface area contributed by atoms with Crippen molar-refractivity contribution in [1.82, 2.24) is 14.9 Å². The molecule has 2 aromatic heterocycles. The molecule has 1 N–H and O–H groups in total. The zero-order valence-corrected chi connectivity index (χ0v) is 16.9. The number of hydrogen-bond donors (Lipinski definition) is 1. The number of piperidine rings is 1. The first-order chi connectivity index (χ1) is 13.5. The fourth-order valence-electron chi connectivity index (χ4n) is 3.95. The second-order valence-electron chi connectivity index (χ2n) is 7.46. The van der Waals surface area contributed by atoms with Crippen molar-refractivity contribution >= 4 is 28.5 Å². The Balaban J connectivity index is 1.34. The highest BCUT2D eigenvalue weighted by molar-refractivity contribution is 6.32. The van der Waals surface area contributed by atoms with Gasteiger partial charge in [0.25, 0.3) is 5.91 Å². The number of carbonyl (C=O) groups excluding carboxylic acids is 1. The highest BCUT2D eigenvalue weighted by Crippen LogP contribution is 2.32. The second kappa shape index (κ2) is 7.84. The average molecular weight is 398 g/mol. The molecule has 1 amide bonds. The minimum atomic E-state index is 0.0285. The zero-order valence-electron chi connectivity index (χ0n) is 16.2. The first kappa shape index (κ1) is 18.8. The maximum atomic E-state index is 12.6. The molecule has 0 unspecified atom stereocenters. The molecular weight excluding hydrogens is 374 g/mol. The summed E-state index contributed by atoms with van der Waals surface area (Å²) in [5.41, 5.74) is 5.28. The van der Waals surface area contributed by atoms with Gasteiger partial charge >= 0.3 is 0 Å². The summed E-state index contributed by atoms with van der Waals surface area (Å²) in [6.07, 6.45) is 5.77. The van der Waals surface area contributed by atoms with Crippen LogP contribution in [0.5, 0.6) is 5.75 Å². The van der Waals surface area contributed by atoms with Crippen molar-refractivity contribution in [2.24, 2.45) is 0 Å². The van der Waals surface area contributed by atoms with Crippen LogP contribution >= 0.6 is 11.6 Å². The van der Waals surface area contributed by atoms with E-state index in [9.17, 15) is 4.79 Å². The highest BCUT2D eigenvalue weighted by Gasteiger charge is 2.26. The normalized spacial score (nSPS) is 15.2. The summed E-state index contributed by atoms with van der Waals surface area (Å²) in [5, 5.41) is 0.743. The van der Waals surface area contributed by atoms with E-state index in [-0.39, 0.29) is 12.5 Å². The largest absolute Gasteiger partial charge is 0.484 e. The maximum Gasteiger partial charge on any atom is 0.260 e. The quantitative estimate of drug-likeness (QED) is 0.698. The van der Waals surface area contributed by atoms with Gasteiger partial charge < -0.3 is 14.6 Å². The molecule has 0 atom stereocenters. The summed E-state index contributed by atoms with van der Waals surface area (Å²) < 4.78 is 5.73. The van der Waals surface area contributed by atoms with Crippen LogP contribution in [0.15, 0.2) is 36.7 Å². The van der Waals surface area contributed by atoms with Crippen molar-refractivity contribution in [2.45, 2.75) is 32.6 Å². The molecule has 28 heavy (non-hydrogen) atoms. The van der Waals surface area contributed by atoms with Gasteiger partial charge in [0, 0.05) is 30.5 Å². The summed E-state index contributed by atoms with van der Waals surface area (Å²) in [6, 6.07) is 7.73. The van der Waals surface area contributed by atoms with Gasteiger partial charge in [0.15, 0.2) is 6.61 Å². The smallest absolute Gasteiger partial charge is 0.260 e. The Hall–Kier alpha value is -2.53. The van der Waals surface area contributed by atoms with E-state index in [2.05, 4.69) is 16.2 Å². The molecule has 4 rings (SSSR count). The van der Waals surface area contributed by atoms with Gasteiger partial charge in [0.05, 0.1) is 11.0 Å². The van der Waals surface area contributed by atoms with Gasteiger partial charge in [-0.1, -0.05) is 11.6 Å². The van der Waals surface area contributed by atoms with E-state index >= 15 is 0 Å². The van der Waals surface area contributed by atoms with E-state index in [1.807, 2.05) is 49.2 Å². The molecule has 0 spiro atoms. The Kier molecular flexibility index (Phi) is 5.27. The number of aromatic amines is 1. The number of benzene rings is 1. The molecular formula is C22H24ClN3O2. The summed E-state index contributed by atoms with van der Waals surface area (Å²) in [6.45, 7) is 5.42. The van der Waals surface area contributed by atoms with Gasteiger partial charge in [-0.15, -0.1) is 0 Å². The number of likely N-dealkylation sites (tertiary alicyclic amines) is 1. The van der Waals surface area contributed by atoms with Crippen LogP contribution in [0, 0.1) is 13.8 Å². The zero-order chi connectivity index (χ0) is 19.7. The third-order valence-corrected chi connectivity index (χ3v) is 6.12. The molecule has 5 nitrogen and oxygen atoms in total. The van der Waals surface area contributed by atoms with E-state index in [1.54, 1.807) is 0 Å². The maximum absolute atomic E-state index is 12.6. The van der Waals surface area contributed by atoms with E-state index in [4.69, 9.17) is 16.3 Å². The number of amides is 1. The van der Waals surface area contributed by atoms with E-state index in [0.717, 1.165) is 53.1 Å². The van der Waals surface area contributed by atoms with E-state index in [0.29, 0.717) is 11.7 Å². The van der Waals surface area contributed by atoms with Crippen LogP contribution in [0.3, 0.4) is 0 Å². The minimum Gasteiger partial charge on any atom is -0.484 e. The van der Waals surface area contributed by atoms with Gasteiger partial charge in [0.2, 0.25) is 0 Å². The van der Waals surface area contributed by atoms with Gasteiger partial charge in [-0.05, 0) is 73.6 Å². The van der Waals surface area contributed by atoms with Gasteiger partial charge in [0.1, 0.15) is 5.75 Å². The first-order valence-corrected chi connectivity index (χ1v) is 10.00. The molecule has 3 heterocycles. The molecule has 1 aromatic carbocycles. The summed E-state index contributed by atoms with van der Waals surface area (Å²) in [7, 11) is 0. The number of halogens is 1. The Morgan fingerprint density at radius 3 is 2.71 bits per heavy atom. The Morgan fingerprint density at radius 2 is 2.00 bits per heavy atom. The monoisotopic (exact) mass is 397 g/mol. The van der Waals surface area contributed by atoms with Crippen LogP contribution in [0.1, 0.15) is 35.4 Å². The lowest BCUT2D eigenvalue weighted by Gasteiger charge is -2.31. The third kappa shape index (κ3) is 3.72. The average Bonchev–Trinajstić information content (AvgIpc) is 3.14. The fourth-order valence-corrected chi connectivity index (χ4v) is 4.06. The number of aromatic nitrogens is 2. The molecule has 1 aliphatic rings. The number of hydrogen-bond acceptors (Lipinski definition) is 3. The molecule has 0 bridgehead atoms. The van der Waals surface area contributed by atoms with Crippen LogP contribution in [0.4, 0.5) is 0 Å². The van der Waals surface area contributed by atoms with Crippen LogP contribution in [0.2, 0.25) is 5.02 Å². The SMILES string of the molecule is Cc1cc(OCC(=O)N2CCC(c3c[nH]c4cccnc34)CC2)cc(C)c1Cl. The van der Waals surface area contributed by atoms with E-state index in [1.165, 1.54) is 5.56 Å². The van der Waals surface area contributed by atoms with Gasteiger partial charge in [-0.25, -0.2) is 0 Å². The van der Waals surface area contributed by atoms with Crippen molar-refractivity contribution in [2.75, 3.05) is 19.7 Å². The lowest BCUT2D eigenvalue weighted by molar-refractivity contribution is -0.134. The number of fused-ring (bicyclic) bond motifs is 1. The second-order valence-corrected chi connectivity index (χ2v) is 7.84. The molecule has 1 aliphatic heterocycles. The topological polar surface area (TPSA) is 58.2 Å². The Bertz CT molecular complexity index is 983. The molecule has 146 valence electrons. The van der Waals surface area contributed by atoms with Crippen molar-refractivity contribution in [3.05, 3.63) is 58.4 Å². The lowest BCUT2D eigenvalue weighted by Crippen LogP contribution is -2.40. The molecule has 0 saturated carbocycles. The number of H-pyrrole nitrogens is 1. The summed E-state index contributed by atoms with van der Waals surface area (Å²) >= 11 is 6.19. The Morgan fingerprint density at radius 1 is 1.29 bits per heavy atom. The van der Waals surface area contributed by atoms with Crippen molar-refractivity contribution in [1.29, 1.82) is 0 Å². The minimum absolute atomic E-state index is 0.0285. The molecule has 0 radical (unpaired) electrons. The summed E-state index contributed by atoms with van der Waals surface area (Å²) in [4.78, 5) is 22.3. The number of carbonyl (C=O) groups is 1. The number of rotatable bonds is 4. The number of pyridine rings is 1. The van der Waals surface area contributed by atoms with Gasteiger partial charge in [-0.2, -0.15) is 0 Å². The van der Waals surface area contributed by atoms with Crippen LogP contribution < -0.4 is 4.74 Å². The number of nitrogens with one attached hydrogen (secondary N) is 1. The number of nitrogens with zero attached hydrogens (tertiary/aromatic N) is 2.